The van der Waals surface area contributed by atoms with E-state index in [-0.39, 0.29) is 6.10 Å². The second-order valence-corrected chi connectivity index (χ2v) is 5.28. The van der Waals surface area contributed by atoms with Gasteiger partial charge in [-0.25, -0.2) is 0 Å². The van der Waals surface area contributed by atoms with E-state index in [9.17, 15) is 0 Å². The van der Waals surface area contributed by atoms with Crippen LogP contribution in [0.2, 0.25) is 0 Å². The number of rotatable bonds is 10. The van der Waals surface area contributed by atoms with Crippen molar-refractivity contribution in [2.24, 2.45) is 5.92 Å². The molecule has 0 fully saturated rings. The highest BCUT2D eigenvalue weighted by Gasteiger charge is 2.07. The predicted octanol–water partition coefficient (Wildman–Crippen LogP) is 2.98. The minimum atomic E-state index is 0.0965. The van der Waals surface area contributed by atoms with E-state index in [1.54, 1.807) is 7.11 Å². The molecule has 0 aromatic heterocycles. The maximum Gasteiger partial charge on any atom is 0.0936 e. The minimum Gasteiger partial charge on any atom is -0.382 e. The molecule has 0 saturated carbocycles. The molecule has 0 amide bonds. The zero-order valence-electron chi connectivity index (χ0n) is 12.8. The first-order valence-electron chi connectivity index (χ1n) is 7.25. The van der Waals surface area contributed by atoms with Crippen molar-refractivity contribution in [3.05, 3.63) is 42.0 Å². The zero-order chi connectivity index (χ0) is 14.6. The lowest BCUT2D eigenvalue weighted by Crippen LogP contribution is -2.34. The average Bonchev–Trinajstić information content (AvgIpc) is 2.44. The van der Waals surface area contributed by atoms with Crippen LogP contribution in [0.3, 0.4) is 0 Å². The van der Waals surface area contributed by atoms with Crippen LogP contribution in [0.1, 0.15) is 19.4 Å². The van der Waals surface area contributed by atoms with Gasteiger partial charge < -0.3 is 14.8 Å². The van der Waals surface area contributed by atoms with Gasteiger partial charge in [0.25, 0.3) is 0 Å². The maximum absolute atomic E-state index is 5.81. The Morgan fingerprint density at radius 2 is 1.90 bits per heavy atom. The first-order valence-corrected chi connectivity index (χ1v) is 7.25. The van der Waals surface area contributed by atoms with Gasteiger partial charge in [-0.3, -0.25) is 0 Å². The highest BCUT2D eigenvalue weighted by molar-refractivity contribution is 5.48. The van der Waals surface area contributed by atoms with Crippen LogP contribution in [0.25, 0.3) is 6.08 Å². The second kappa shape index (κ2) is 10.6. The molecule has 0 spiro atoms. The molecule has 0 aliphatic heterocycles. The first kappa shape index (κ1) is 16.9. The van der Waals surface area contributed by atoms with Crippen molar-refractivity contribution in [3.8, 4) is 0 Å². The fourth-order valence-corrected chi connectivity index (χ4v) is 1.82. The molecule has 1 aromatic rings. The van der Waals surface area contributed by atoms with Crippen LogP contribution in [0.4, 0.5) is 0 Å². The Labute approximate surface area is 123 Å². The van der Waals surface area contributed by atoms with Crippen molar-refractivity contribution in [1.29, 1.82) is 0 Å². The van der Waals surface area contributed by atoms with E-state index in [2.05, 4.69) is 37.4 Å². The van der Waals surface area contributed by atoms with Gasteiger partial charge in [-0.05, 0) is 18.0 Å². The molecule has 1 aromatic carbocycles. The number of methoxy groups -OCH3 is 1. The summed E-state index contributed by atoms with van der Waals surface area (Å²) in [6, 6.07) is 10.2. The Morgan fingerprint density at radius 3 is 2.55 bits per heavy atom. The average molecular weight is 277 g/mol. The molecule has 0 aliphatic carbocycles. The molecular formula is C17H27NO2. The van der Waals surface area contributed by atoms with Crippen LogP contribution in [0.5, 0.6) is 0 Å². The Balaban J connectivity index is 2.26. The van der Waals surface area contributed by atoms with E-state index in [1.165, 1.54) is 5.56 Å². The van der Waals surface area contributed by atoms with Crippen LogP contribution >= 0.6 is 0 Å². The molecule has 3 heteroatoms. The SMILES string of the molecule is COCC(CNCC(C)C)OC/C=C/c1ccccc1. The lowest BCUT2D eigenvalue weighted by molar-refractivity contribution is 0.0120. The molecule has 20 heavy (non-hydrogen) atoms. The van der Waals surface area contributed by atoms with Crippen LogP contribution in [-0.4, -0.2) is 39.5 Å². The van der Waals surface area contributed by atoms with Gasteiger partial charge in [-0.15, -0.1) is 0 Å². The molecule has 0 bridgehead atoms. The normalized spacial score (nSPS) is 13.2. The molecule has 0 heterocycles. The fraction of sp³-hybridized carbons (Fsp3) is 0.529. The molecule has 0 radical (unpaired) electrons. The van der Waals surface area contributed by atoms with Gasteiger partial charge in [0, 0.05) is 13.7 Å². The van der Waals surface area contributed by atoms with E-state index in [4.69, 9.17) is 9.47 Å². The smallest absolute Gasteiger partial charge is 0.0936 e. The second-order valence-electron chi connectivity index (χ2n) is 5.28. The molecule has 1 unspecified atom stereocenters. The summed E-state index contributed by atoms with van der Waals surface area (Å²) in [6.45, 7) is 7.44. The largest absolute Gasteiger partial charge is 0.382 e. The van der Waals surface area contributed by atoms with E-state index in [0.717, 1.165) is 13.1 Å². The van der Waals surface area contributed by atoms with Gasteiger partial charge >= 0.3 is 0 Å². The third kappa shape index (κ3) is 8.10. The Morgan fingerprint density at radius 1 is 1.15 bits per heavy atom. The van der Waals surface area contributed by atoms with E-state index in [1.807, 2.05) is 24.3 Å². The first-order chi connectivity index (χ1) is 9.72. The van der Waals surface area contributed by atoms with Gasteiger partial charge in [0.05, 0.1) is 19.3 Å². The summed E-state index contributed by atoms with van der Waals surface area (Å²) in [6.07, 6.45) is 4.21. The molecular weight excluding hydrogens is 250 g/mol. The molecule has 0 saturated heterocycles. The van der Waals surface area contributed by atoms with Crippen molar-refractivity contribution in [2.45, 2.75) is 20.0 Å². The predicted molar refractivity (Wildman–Crippen MR) is 84.8 cm³/mol. The van der Waals surface area contributed by atoms with Gasteiger partial charge in [0.15, 0.2) is 0 Å². The molecule has 0 aliphatic rings. The summed E-state index contributed by atoms with van der Waals surface area (Å²) >= 11 is 0. The molecule has 1 atom stereocenters. The Bertz CT molecular complexity index is 363. The minimum absolute atomic E-state index is 0.0965. The quantitative estimate of drug-likeness (QED) is 0.713. The van der Waals surface area contributed by atoms with E-state index < -0.39 is 0 Å². The van der Waals surface area contributed by atoms with Crippen LogP contribution in [-0.2, 0) is 9.47 Å². The van der Waals surface area contributed by atoms with Crippen molar-refractivity contribution in [3.63, 3.8) is 0 Å². The third-order valence-corrected chi connectivity index (χ3v) is 2.82. The number of hydrogen-bond acceptors (Lipinski definition) is 3. The van der Waals surface area contributed by atoms with Gasteiger partial charge in [0.1, 0.15) is 0 Å². The lowest BCUT2D eigenvalue weighted by Gasteiger charge is -2.17. The highest BCUT2D eigenvalue weighted by atomic mass is 16.5. The van der Waals surface area contributed by atoms with Crippen LogP contribution < -0.4 is 5.32 Å². The van der Waals surface area contributed by atoms with Crippen LogP contribution in [0.15, 0.2) is 36.4 Å². The van der Waals surface area contributed by atoms with Gasteiger partial charge in [-0.1, -0.05) is 56.3 Å². The summed E-state index contributed by atoms with van der Waals surface area (Å²) in [7, 11) is 1.71. The molecule has 1 N–H and O–H groups in total. The number of hydrogen-bond donors (Lipinski definition) is 1. The Hall–Kier alpha value is -1.16. The lowest BCUT2D eigenvalue weighted by atomic mass is 10.2. The number of ether oxygens (including phenoxy) is 2. The van der Waals surface area contributed by atoms with Gasteiger partial charge in [-0.2, -0.15) is 0 Å². The summed E-state index contributed by atoms with van der Waals surface area (Å²) in [5, 5.41) is 3.40. The van der Waals surface area contributed by atoms with Crippen molar-refractivity contribution in [1.82, 2.24) is 5.32 Å². The standard InChI is InChI=1S/C17H27NO2/c1-15(2)12-18-13-17(14-19-3)20-11-7-10-16-8-5-4-6-9-16/h4-10,15,17-18H,11-14H2,1-3H3/b10-7+. The topological polar surface area (TPSA) is 30.5 Å². The highest BCUT2D eigenvalue weighted by Crippen LogP contribution is 2.01. The molecule has 1 rings (SSSR count). The number of benzene rings is 1. The summed E-state index contributed by atoms with van der Waals surface area (Å²) in [5.41, 5.74) is 1.19. The Kier molecular flexibility index (Phi) is 8.96. The summed E-state index contributed by atoms with van der Waals surface area (Å²) < 4.78 is 11.0. The van der Waals surface area contributed by atoms with E-state index >= 15 is 0 Å². The van der Waals surface area contributed by atoms with Crippen molar-refractivity contribution < 1.29 is 9.47 Å². The summed E-state index contributed by atoms with van der Waals surface area (Å²) in [5.74, 6) is 0.649. The monoisotopic (exact) mass is 277 g/mol. The van der Waals surface area contributed by atoms with Crippen molar-refractivity contribution in [2.75, 3.05) is 33.4 Å². The number of nitrogens with one attached hydrogen (secondary N) is 1. The van der Waals surface area contributed by atoms with Gasteiger partial charge in [0.2, 0.25) is 0 Å². The zero-order valence-corrected chi connectivity index (χ0v) is 12.8. The third-order valence-electron chi connectivity index (χ3n) is 2.82. The van der Waals surface area contributed by atoms with Crippen LogP contribution in [0, 0.1) is 5.92 Å². The molecule has 3 nitrogen and oxygen atoms in total. The fourth-order valence-electron chi connectivity index (χ4n) is 1.82. The molecule has 112 valence electrons. The van der Waals surface area contributed by atoms with E-state index in [0.29, 0.717) is 19.1 Å². The van der Waals surface area contributed by atoms with Crippen molar-refractivity contribution >= 4 is 6.08 Å². The maximum atomic E-state index is 5.81. The summed E-state index contributed by atoms with van der Waals surface area (Å²) in [4.78, 5) is 0.